The fourth-order valence-electron chi connectivity index (χ4n) is 2.12. The molecular formula is C17H17N2O5S-. The summed E-state index contributed by atoms with van der Waals surface area (Å²) in [4.78, 5) is 21.5. The van der Waals surface area contributed by atoms with E-state index in [4.69, 9.17) is 0 Å². The molecule has 2 aromatic carbocycles. The predicted molar refractivity (Wildman–Crippen MR) is 91.3 cm³/mol. The van der Waals surface area contributed by atoms with Crippen LogP contribution in [0.5, 0.6) is 0 Å². The third-order valence-corrected chi connectivity index (χ3v) is 4.71. The summed E-state index contributed by atoms with van der Waals surface area (Å²) in [5, 5.41) is 13.0. The van der Waals surface area contributed by atoms with Gasteiger partial charge in [-0.3, -0.25) is 9.52 Å². The van der Waals surface area contributed by atoms with Gasteiger partial charge in [0.15, 0.2) is 0 Å². The fourth-order valence-corrected chi connectivity index (χ4v) is 3.18. The van der Waals surface area contributed by atoms with E-state index in [1.807, 2.05) is 0 Å². The second kappa shape index (κ2) is 7.80. The number of anilines is 2. The number of aryl methyl sites for hydroxylation is 1. The Bertz CT molecular complexity index is 859. The molecule has 1 amide bonds. The minimum Gasteiger partial charge on any atom is -0.550 e. The van der Waals surface area contributed by atoms with Crippen LogP contribution in [-0.2, 0) is 26.0 Å². The van der Waals surface area contributed by atoms with E-state index in [2.05, 4.69) is 10.0 Å². The van der Waals surface area contributed by atoms with Crippen LogP contribution in [0.3, 0.4) is 0 Å². The standard InChI is InChI=1S/C17H18N2O5S/c1-12(20)18-14-5-7-15(8-6-14)19-25(23,24)16-9-2-13(3-10-16)4-11-17(21)22/h2-3,5-10,19H,4,11H2,1H3,(H,18,20)(H,21,22)/p-1. The Kier molecular flexibility index (Phi) is 5.76. The summed E-state index contributed by atoms with van der Waals surface area (Å²) in [6, 6.07) is 12.2. The number of carbonyl (C=O) groups excluding carboxylic acids is 2. The molecule has 8 heteroatoms. The minimum absolute atomic E-state index is 0.0654. The van der Waals surface area contributed by atoms with Crippen molar-refractivity contribution in [2.45, 2.75) is 24.7 Å². The van der Waals surface area contributed by atoms with Crippen LogP contribution in [0, 0.1) is 0 Å². The average molecular weight is 361 g/mol. The van der Waals surface area contributed by atoms with E-state index < -0.39 is 16.0 Å². The first-order chi connectivity index (χ1) is 11.8. The van der Waals surface area contributed by atoms with Crippen LogP contribution >= 0.6 is 0 Å². The van der Waals surface area contributed by atoms with Gasteiger partial charge in [0.25, 0.3) is 10.0 Å². The number of carbonyl (C=O) groups is 2. The van der Waals surface area contributed by atoms with E-state index in [0.29, 0.717) is 16.9 Å². The van der Waals surface area contributed by atoms with Gasteiger partial charge in [-0.25, -0.2) is 8.42 Å². The Morgan fingerprint density at radius 2 is 1.52 bits per heavy atom. The highest BCUT2D eigenvalue weighted by molar-refractivity contribution is 7.92. The van der Waals surface area contributed by atoms with Gasteiger partial charge in [0.05, 0.1) is 4.90 Å². The van der Waals surface area contributed by atoms with E-state index in [-0.39, 0.29) is 23.6 Å². The normalized spacial score (nSPS) is 10.9. The fraction of sp³-hybridized carbons (Fsp3) is 0.176. The number of benzene rings is 2. The number of hydrogen-bond donors (Lipinski definition) is 2. The highest BCUT2D eigenvalue weighted by Crippen LogP contribution is 2.19. The quantitative estimate of drug-likeness (QED) is 0.767. The molecule has 0 saturated heterocycles. The van der Waals surface area contributed by atoms with Crippen molar-refractivity contribution in [3.63, 3.8) is 0 Å². The lowest BCUT2D eigenvalue weighted by atomic mass is 10.1. The van der Waals surface area contributed by atoms with Crippen LogP contribution in [0.4, 0.5) is 11.4 Å². The predicted octanol–water partition coefficient (Wildman–Crippen LogP) is 1.13. The minimum atomic E-state index is -3.76. The van der Waals surface area contributed by atoms with Crippen LogP contribution < -0.4 is 15.1 Å². The largest absolute Gasteiger partial charge is 0.550 e. The Balaban J connectivity index is 2.08. The van der Waals surface area contributed by atoms with E-state index in [1.165, 1.54) is 31.2 Å². The summed E-state index contributed by atoms with van der Waals surface area (Å²) in [5.74, 6) is -1.37. The Morgan fingerprint density at radius 1 is 0.960 bits per heavy atom. The number of aliphatic carboxylic acids is 1. The average Bonchev–Trinajstić information content (AvgIpc) is 2.54. The van der Waals surface area contributed by atoms with Gasteiger partial charge in [-0.2, -0.15) is 0 Å². The van der Waals surface area contributed by atoms with Gasteiger partial charge in [0.2, 0.25) is 5.91 Å². The zero-order valence-electron chi connectivity index (χ0n) is 13.5. The van der Waals surface area contributed by atoms with Crippen molar-refractivity contribution in [2.75, 3.05) is 10.0 Å². The van der Waals surface area contributed by atoms with Crippen molar-refractivity contribution < 1.29 is 23.1 Å². The highest BCUT2D eigenvalue weighted by Gasteiger charge is 2.14. The molecule has 0 aliphatic rings. The lowest BCUT2D eigenvalue weighted by Gasteiger charge is -2.10. The van der Waals surface area contributed by atoms with Crippen LogP contribution in [0.25, 0.3) is 0 Å². The van der Waals surface area contributed by atoms with Crippen molar-refractivity contribution >= 4 is 33.3 Å². The summed E-state index contributed by atoms with van der Waals surface area (Å²) >= 11 is 0. The molecule has 132 valence electrons. The number of carboxylic acid groups (broad SMARTS) is 1. The second-order valence-corrected chi connectivity index (χ2v) is 7.06. The molecule has 0 spiro atoms. The number of sulfonamides is 1. The zero-order valence-corrected chi connectivity index (χ0v) is 14.3. The third kappa shape index (κ3) is 5.61. The molecule has 0 aromatic heterocycles. The van der Waals surface area contributed by atoms with Gasteiger partial charge in [0, 0.05) is 24.3 Å². The van der Waals surface area contributed by atoms with Crippen molar-refractivity contribution in [1.29, 1.82) is 0 Å². The number of nitrogens with one attached hydrogen (secondary N) is 2. The van der Waals surface area contributed by atoms with Crippen molar-refractivity contribution in [2.24, 2.45) is 0 Å². The molecule has 0 aliphatic heterocycles. The Morgan fingerprint density at radius 3 is 2.04 bits per heavy atom. The smallest absolute Gasteiger partial charge is 0.261 e. The SMILES string of the molecule is CC(=O)Nc1ccc(NS(=O)(=O)c2ccc(CCC(=O)[O-])cc2)cc1. The Hall–Kier alpha value is -2.87. The molecule has 0 atom stereocenters. The van der Waals surface area contributed by atoms with E-state index in [0.717, 1.165) is 0 Å². The van der Waals surface area contributed by atoms with Gasteiger partial charge in [-0.15, -0.1) is 0 Å². The summed E-state index contributed by atoms with van der Waals surface area (Å²) in [6.45, 7) is 1.38. The number of rotatable bonds is 7. The van der Waals surface area contributed by atoms with Gasteiger partial charge < -0.3 is 15.2 Å². The maximum absolute atomic E-state index is 12.4. The molecule has 0 heterocycles. The van der Waals surface area contributed by atoms with Crippen LogP contribution in [-0.4, -0.2) is 20.3 Å². The molecule has 7 nitrogen and oxygen atoms in total. The Labute approximate surface area is 145 Å². The summed E-state index contributed by atoms with van der Waals surface area (Å²) in [7, 11) is -3.76. The molecule has 0 radical (unpaired) electrons. The first-order valence-electron chi connectivity index (χ1n) is 7.45. The first kappa shape index (κ1) is 18.5. The van der Waals surface area contributed by atoms with Gasteiger partial charge in [0.1, 0.15) is 0 Å². The highest BCUT2D eigenvalue weighted by atomic mass is 32.2. The van der Waals surface area contributed by atoms with E-state index >= 15 is 0 Å². The van der Waals surface area contributed by atoms with E-state index in [1.54, 1.807) is 24.3 Å². The van der Waals surface area contributed by atoms with Crippen LogP contribution in [0.1, 0.15) is 18.9 Å². The van der Waals surface area contributed by atoms with E-state index in [9.17, 15) is 23.1 Å². The molecule has 0 unspecified atom stereocenters. The van der Waals surface area contributed by atoms with Crippen molar-refractivity contribution in [3.05, 3.63) is 54.1 Å². The molecule has 2 rings (SSSR count). The zero-order chi connectivity index (χ0) is 18.4. The maximum Gasteiger partial charge on any atom is 0.261 e. The summed E-state index contributed by atoms with van der Waals surface area (Å²) in [5.41, 5.74) is 1.63. The first-order valence-corrected chi connectivity index (χ1v) is 8.94. The third-order valence-electron chi connectivity index (χ3n) is 3.31. The molecule has 0 aliphatic carbocycles. The van der Waals surface area contributed by atoms with Gasteiger partial charge >= 0.3 is 0 Å². The molecule has 25 heavy (non-hydrogen) atoms. The number of carboxylic acids is 1. The van der Waals surface area contributed by atoms with Crippen molar-refractivity contribution in [1.82, 2.24) is 0 Å². The lowest BCUT2D eigenvalue weighted by molar-refractivity contribution is -0.305. The second-order valence-electron chi connectivity index (χ2n) is 5.38. The van der Waals surface area contributed by atoms with Crippen LogP contribution in [0.2, 0.25) is 0 Å². The van der Waals surface area contributed by atoms with Gasteiger partial charge in [-0.05, 0) is 54.8 Å². The lowest BCUT2D eigenvalue weighted by Crippen LogP contribution is -2.22. The molecule has 0 bridgehead atoms. The van der Waals surface area contributed by atoms with Gasteiger partial charge in [-0.1, -0.05) is 12.1 Å². The van der Waals surface area contributed by atoms with Crippen LogP contribution in [0.15, 0.2) is 53.4 Å². The summed E-state index contributed by atoms with van der Waals surface area (Å²) in [6.07, 6.45) is 0.158. The topological polar surface area (TPSA) is 115 Å². The number of amides is 1. The molecule has 2 aromatic rings. The number of hydrogen-bond acceptors (Lipinski definition) is 5. The molecule has 0 fully saturated rings. The maximum atomic E-state index is 12.4. The van der Waals surface area contributed by atoms with Crippen molar-refractivity contribution in [3.8, 4) is 0 Å². The molecule has 0 saturated carbocycles. The molecular weight excluding hydrogens is 344 g/mol. The monoisotopic (exact) mass is 361 g/mol. The summed E-state index contributed by atoms with van der Waals surface area (Å²) < 4.78 is 27.2. The molecule has 2 N–H and O–H groups in total.